The molecule has 6 rings (SSSR count). The third kappa shape index (κ3) is 5.19. The summed E-state index contributed by atoms with van der Waals surface area (Å²) in [5, 5.41) is 25.3. The summed E-state index contributed by atoms with van der Waals surface area (Å²) >= 11 is 0. The van der Waals surface area contributed by atoms with Gasteiger partial charge in [0.25, 0.3) is 0 Å². The number of carbonyl (C=O) groups excluding carboxylic acids is 1. The van der Waals surface area contributed by atoms with Crippen molar-refractivity contribution in [3.63, 3.8) is 0 Å². The number of aromatic nitrogens is 7. The number of anilines is 1. The Hall–Kier alpha value is -5.07. The van der Waals surface area contributed by atoms with Crippen LogP contribution in [0, 0.1) is 6.92 Å². The molecular formula is C26H25N9O4. The zero-order valence-electron chi connectivity index (χ0n) is 21.4. The Labute approximate surface area is 223 Å². The van der Waals surface area contributed by atoms with Gasteiger partial charge in [-0.05, 0) is 42.8 Å². The molecule has 39 heavy (non-hydrogen) atoms. The normalized spacial score (nSPS) is 13.7. The molecule has 0 radical (unpaired) electrons. The Kier molecular flexibility index (Phi) is 6.45. The van der Waals surface area contributed by atoms with Crippen molar-refractivity contribution < 1.29 is 18.8 Å². The number of benzene rings is 1. The number of piperazine rings is 1. The summed E-state index contributed by atoms with van der Waals surface area (Å²) in [7, 11) is 1.63. The molecule has 5 aromatic rings. The van der Waals surface area contributed by atoms with Crippen LogP contribution in [0.3, 0.4) is 0 Å². The maximum Gasteiger partial charge on any atom is 0.242 e. The first-order valence-electron chi connectivity index (χ1n) is 12.3. The SMILES string of the molecule is COc1ccc(CN2CCN(c3ccc(COc4ccc5nnc(-c6cc(C)on6)n5n4)nn3)CC2=O)cc1. The highest BCUT2D eigenvalue weighted by Crippen LogP contribution is 2.20. The summed E-state index contributed by atoms with van der Waals surface area (Å²) in [6, 6.07) is 16.6. The zero-order valence-corrected chi connectivity index (χ0v) is 21.4. The van der Waals surface area contributed by atoms with Crippen molar-refractivity contribution >= 4 is 17.4 Å². The van der Waals surface area contributed by atoms with Crippen molar-refractivity contribution in [1.82, 2.24) is 40.1 Å². The Bertz CT molecular complexity index is 1600. The molecule has 1 saturated heterocycles. The minimum absolute atomic E-state index is 0.0434. The number of carbonyl (C=O) groups is 1. The van der Waals surface area contributed by atoms with Crippen molar-refractivity contribution in [3.05, 3.63) is 71.6 Å². The van der Waals surface area contributed by atoms with Crippen LogP contribution in [0.4, 0.5) is 5.82 Å². The molecule has 4 aromatic heterocycles. The van der Waals surface area contributed by atoms with E-state index in [-0.39, 0.29) is 19.1 Å². The standard InChI is InChI=1S/C26H25N9O4/c1-17-13-21(32-39-17)26-30-29-23-9-10-24(31-35(23)26)38-16-19-5-8-22(28-27-19)33-11-12-34(25(36)15-33)14-18-3-6-20(37-2)7-4-18/h3-10,13H,11-12,14-16H2,1-2H3. The molecule has 13 nitrogen and oxygen atoms in total. The molecular weight excluding hydrogens is 502 g/mol. The molecule has 1 fully saturated rings. The number of aryl methyl sites for hydroxylation is 1. The number of hydrogen-bond donors (Lipinski definition) is 0. The maximum absolute atomic E-state index is 12.8. The zero-order chi connectivity index (χ0) is 26.8. The second-order valence-corrected chi connectivity index (χ2v) is 9.04. The number of nitrogens with zero attached hydrogens (tertiary/aromatic N) is 9. The quantitative estimate of drug-likeness (QED) is 0.294. The van der Waals surface area contributed by atoms with Crippen molar-refractivity contribution in [3.8, 4) is 23.1 Å². The molecule has 0 aliphatic carbocycles. The van der Waals surface area contributed by atoms with E-state index >= 15 is 0 Å². The fraction of sp³-hybridized carbons (Fsp3) is 0.269. The van der Waals surface area contributed by atoms with Crippen LogP contribution in [0.15, 0.2) is 59.1 Å². The minimum atomic E-state index is 0.0434. The highest BCUT2D eigenvalue weighted by atomic mass is 16.5. The molecule has 0 atom stereocenters. The van der Waals surface area contributed by atoms with E-state index in [4.69, 9.17) is 14.0 Å². The van der Waals surface area contributed by atoms with Gasteiger partial charge in [0.15, 0.2) is 17.2 Å². The predicted octanol–water partition coefficient (Wildman–Crippen LogP) is 2.31. The first-order chi connectivity index (χ1) is 19.1. The van der Waals surface area contributed by atoms with Crippen LogP contribution >= 0.6 is 0 Å². The minimum Gasteiger partial charge on any atom is -0.497 e. The monoisotopic (exact) mass is 527 g/mol. The van der Waals surface area contributed by atoms with Crippen molar-refractivity contribution in [2.24, 2.45) is 0 Å². The second-order valence-electron chi connectivity index (χ2n) is 9.04. The van der Waals surface area contributed by atoms with E-state index in [0.29, 0.717) is 60.0 Å². The first kappa shape index (κ1) is 24.3. The Morgan fingerprint density at radius 3 is 2.56 bits per heavy atom. The summed E-state index contributed by atoms with van der Waals surface area (Å²) in [6.45, 7) is 4.05. The fourth-order valence-electron chi connectivity index (χ4n) is 4.25. The second kappa shape index (κ2) is 10.4. The van der Waals surface area contributed by atoms with E-state index in [9.17, 15) is 4.79 Å². The lowest BCUT2D eigenvalue weighted by atomic mass is 10.2. The number of ether oxygens (including phenoxy) is 2. The molecule has 13 heteroatoms. The van der Waals surface area contributed by atoms with Crippen LogP contribution in [0.5, 0.6) is 11.6 Å². The highest BCUT2D eigenvalue weighted by Gasteiger charge is 2.25. The van der Waals surface area contributed by atoms with Gasteiger partial charge in [-0.15, -0.1) is 25.5 Å². The molecule has 0 bridgehead atoms. The van der Waals surface area contributed by atoms with Gasteiger partial charge in [-0.3, -0.25) is 4.79 Å². The number of amides is 1. The van der Waals surface area contributed by atoms with Crippen LogP contribution in [0.1, 0.15) is 17.0 Å². The van der Waals surface area contributed by atoms with E-state index in [1.807, 2.05) is 46.2 Å². The lowest BCUT2D eigenvalue weighted by Crippen LogP contribution is -2.50. The predicted molar refractivity (Wildman–Crippen MR) is 138 cm³/mol. The Morgan fingerprint density at radius 1 is 0.974 bits per heavy atom. The van der Waals surface area contributed by atoms with Gasteiger partial charge < -0.3 is 23.8 Å². The van der Waals surface area contributed by atoms with E-state index in [2.05, 4.69) is 30.7 Å². The number of methoxy groups -OCH3 is 1. The third-order valence-corrected chi connectivity index (χ3v) is 6.34. The van der Waals surface area contributed by atoms with Crippen LogP contribution in [0.25, 0.3) is 17.2 Å². The Balaban J connectivity index is 1.06. The summed E-state index contributed by atoms with van der Waals surface area (Å²) in [6.07, 6.45) is 0. The van der Waals surface area contributed by atoms with Gasteiger partial charge in [0.2, 0.25) is 17.6 Å². The first-order valence-corrected chi connectivity index (χ1v) is 12.3. The van der Waals surface area contributed by atoms with Crippen molar-refractivity contribution in [2.45, 2.75) is 20.1 Å². The van der Waals surface area contributed by atoms with Crippen molar-refractivity contribution in [1.29, 1.82) is 0 Å². The molecule has 1 amide bonds. The van der Waals surface area contributed by atoms with Crippen LogP contribution < -0.4 is 14.4 Å². The number of hydrogen-bond acceptors (Lipinski definition) is 11. The summed E-state index contributed by atoms with van der Waals surface area (Å²) in [4.78, 5) is 16.6. The molecule has 1 aliphatic rings. The van der Waals surface area contributed by atoms with Gasteiger partial charge in [-0.2, -0.15) is 4.52 Å². The number of fused-ring (bicyclic) bond motifs is 1. The van der Waals surface area contributed by atoms with Crippen LogP contribution in [0.2, 0.25) is 0 Å². The maximum atomic E-state index is 12.8. The van der Waals surface area contributed by atoms with E-state index in [1.54, 1.807) is 36.7 Å². The summed E-state index contributed by atoms with van der Waals surface area (Å²) in [5.74, 6) is 2.97. The largest absolute Gasteiger partial charge is 0.497 e. The lowest BCUT2D eigenvalue weighted by molar-refractivity contribution is -0.131. The van der Waals surface area contributed by atoms with Gasteiger partial charge in [0.1, 0.15) is 23.8 Å². The molecule has 1 aliphatic heterocycles. The molecule has 0 spiro atoms. The van der Waals surface area contributed by atoms with E-state index in [1.165, 1.54) is 0 Å². The topological polar surface area (TPSA) is 137 Å². The molecule has 0 saturated carbocycles. The van der Waals surface area contributed by atoms with Gasteiger partial charge in [-0.1, -0.05) is 17.3 Å². The third-order valence-electron chi connectivity index (χ3n) is 6.34. The van der Waals surface area contributed by atoms with Gasteiger partial charge in [-0.25, -0.2) is 0 Å². The molecule has 0 unspecified atom stereocenters. The average molecular weight is 528 g/mol. The summed E-state index contributed by atoms with van der Waals surface area (Å²) < 4.78 is 17.7. The molecule has 198 valence electrons. The summed E-state index contributed by atoms with van der Waals surface area (Å²) in [5.41, 5.74) is 2.78. The number of rotatable bonds is 8. The molecule has 5 heterocycles. The molecule has 0 N–H and O–H groups in total. The lowest BCUT2D eigenvalue weighted by Gasteiger charge is -2.34. The smallest absolute Gasteiger partial charge is 0.242 e. The van der Waals surface area contributed by atoms with E-state index < -0.39 is 0 Å². The van der Waals surface area contributed by atoms with Gasteiger partial charge in [0, 0.05) is 31.8 Å². The van der Waals surface area contributed by atoms with Crippen LogP contribution in [-0.2, 0) is 17.9 Å². The Morgan fingerprint density at radius 2 is 1.85 bits per heavy atom. The van der Waals surface area contributed by atoms with Crippen molar-refractivity contribution in [2.75, 3.05) is 31.6 Å². The highest BCUT2D eigenvalue weighted by molar-refractivity contribution is 5.82. The molecule has 1 aromatic carbocycles. The van der Waals surface area contributed by atoms with Gasteiger partial charge in [0.05, 0.1) is 13.7 Å². The van der Waals surface area contributed by atoms with E-state index in [0.717, 1.165) is 11.3 Å². The van der Waals surface area contributed by atoms with Gasteiger partial charge >= 0.3 is 0 Å². The average Bonchev–Trinajstić information content (AvgIpc) is 3.59. The van der Waals surface area contributed by atoms with Crippen LogP contribution in [-0.4, -0.2) is 72.7 Å². The fourth-order valence-corrected chi connectivity index (χ4v) is 4.25.